The summed E-state index contributed by atoms with van der Waals surface area (Å²) < 4.78 is 44.6. The summed E-state index contributed by atoms with van der Waals surface area (Å²) in [5.74, 6) is -2.34. The Kier molecular flexibility index (Phi) is 10.7. The maximum atomic E-state index is 14.3. The lowest BCUT2D eigenvalue weighted by atomic mass is 10.1. The van der Waals surface area contributed by atoms with Crippen LogP contribution in [0.15, 0.2) is 86.6 Å². The van der Waals surface area contributed by atoms with Gasteiger partial charge in [-0.3, -0.25) is 14.5 Å². The number of fused-ring (bicyclic) bond motifs is 1. The van der Waals surface area contributed by atoms with E-state index in [1.807, 2.05) is 46.6 Å². The fraction of sp³-hybridized carbons (Fsp3) is 0.314. The Morgan fingerprint density at radius 2 is 1.96 bits per heavy atom. The lowest BCUT2D eigenvalue weighted by Crippen LogP contribution is -2.40. The van der Waals surface area contributed by atoms with E-state index in [0.717, 1.165) is 30.8 Å². The third-order valence-electron chi connectivity index (χ3n) is 8.36. The van der Waals surface area contributed by atoms with Crippen LogP contribution in [0.25, 0.3) is 0 Å². The number of nitriles is 1. The van der Waals surface area contributed by atoms with E-state index in [1.165, 1.54) is 35.7 Å². The standard InChI is InChI=1S/C35H34F3N7O3S2/c1-3-44(15-13-25-20-40-14-16-48-25)27-11-9-23(19-39)17-26(27)42-34-45(21-22-7-5-4-6-8-22)31(46)30(50-34)32-43(2)28-12-10-24(18-29(28)49-32)41-33(47)35(36,37)38/h4-12,17-18,25,40H,3,13-16,20-21H2,1-2H3,(H,41,47)/b32-30-,42-34?. The van der Waals surface area contributed by atoms with Gasteiger partial charge in [0.2, 0.25) is 0 Å². The van der Waals surface area contributed by atoms with Crippen LogP contribution in [0.1, 0.15) is 24.5 Å². The molecule has 0 bridgehead atoms. The smallest absolute Gasteiger partial charge is 0.376 e. The number of carbonyl (C=O) groups excluding carboxylic acids is 2. The number of amides is 2. The van der Waals surface area contributed by atoms with E-state index < -0.39 is 12.1 Å². The van der Waals surface area contributed by atoms with Gasteiger partial charge in [-0.2, -0.15) is 18.4 Å². The molecule has 2 N–H and O–H groups in total. The van der Waals surface area contributed by atoms with Crippen molar-refractivity contribution in [1.29, 1.82) is 5.26 Å². The summed E-state index contributed by atoms with van der Waals surface area (Å²) >= 11 is 2.43. The molecule has 3 aliphatic heterocycles. The average molecular weight is 722 g/mol. The Balaban J connectivity index is 1.35. The molecule has 3 aliphatic rings. The molecule has 0 spiro atoms. The molecule has 2 amide bonds. The van der Waals surface area contributed by atoms with Gasteiger partial charge in [-0.25, -0.2) is 4.99 Å². The van der Waals surface area contributed by atoms with Crippen LogP contribution in [0, 0.1) is 11.3 Å². The maximum absolute atomic E-state index is 14.3. The van der Waals surface area contributed by atoms with Gasteiger partial charge in [0.15, 0.2) is 5.17 Å². The summed E-state index contributed by atoms with van der Waals surface area (Å²) in [5.41, 5.74) is 3.37. The van der Waals surface area contributed by atoms with E-state index in [4.69, 9.17) is 9.73 Å². The minimum Gasteiger partial charge on any atom is -0.376 e. The van der Waals surface area contributed by atoms with Crippen LogP contribution in [-0.4, -0.2) is 74.0 Å². The minimum absolute atomic E-state index is 0.00623. The molecule has 6 rings (SSSR count). The largest absolute Gasteiger partial charge is 0.471 e. The normalized spacial score (nSPS) is 19.9. The first-order valence-corrected chi connectivity index (χ1v) is 17.6. The molecule has 1 atom stereocenters. The van der Waals surface area contributed by atoms with Crippen LogP contribution in [0.3, 0.4) is 0 Å². The number of aliphatic imine (C=N–C) groups is 1. The number of morpholine rings is 1. The van der Waals surface area contributed by atoms with Crippen molar-refractivity contribution < 1.29 is 27.5 Å². The van der Waals surface area contributed by atoms with Gasteiger partial charge in [-0.15, -0.1) is 0 Å². The summed E-state index contributed by atoms with van der Waals surface area (Å²) in [7, 11) is 1.78. The molecule has 50 heavy (non-hydrogen) atoms. The Labute approximate surface area is 296 Å². The van der Waals surface area contributed by atoms with E-state index in [0.29, 0.717) is 56.6 Å². The second-order valence-electron chi connectivity index (χ2n) is 11.7. The maximum Gasteiger partial charge on any atom is 0.471 e. The van der Waals surface area contributed by atoms with E-state index in [1.54, 1.807) is 30.1 Å². The number of carbonyl (C=O) groups is 2. The molecule has 15 heteroatoms. The van der Waals surface area contributed by atoms with Crippen molar-refractivity contribution >= 4 is 63.3 Å². The van der Waals surface area contributed by atoms with Gasteiger partial charge in [0.25, 0.3) is 5.91 Å². The monoisotopic (exact) mass is 721 g/mol. The number of thioether (sulfide) groups is 2. The minimum atomic E-state index is -5.02. The summed E-state index contributed by atoms with van der Waals surface area (Å²) in [5, 5.41) is 16.0. The van der Waals surface area contributed by atoms with Crippen LogP contribution >= 0.6 is 23.5 Å². The molecule has 10 nitrogen and oxygen atoms in total. The molecule has 3 aromatic rings. The third kappa shape index (κ3) is 7.78. The molecular formula is C35H34F3N7O3S2. The topological polar surface area (TPSA) is 113 Å². The zero-order chi connectivity index (χ0) is 35.4. The van der Waals surface area contributed by atoms with Crippen LogP contribution < -0.4 is 20.4 Å². The van der Waals surface area contributed by atoms with Crippen molar-refractivity contribution in [1.82, 2.24) is 10.2 Å². The van der Waals surface area contributed by atoms with Crippen LogP contribution in [0.5, 0.6) is 0 Å². The number of amidine groups is 1. The predicted molar refractivity (Wildman–Crippen MR) is 190 cm³/mol. The molecule has 3 aromatic carbocycles. The molecule has 260 valence electrons. The number of nitrogens with one attached hydrogen (secondary N) is 2. The molecule has 0 saturated carbocycles. The van der Waals surface area contributed by atoms with Crippen molar-refractivity contribution in [3.8, 4) is 6.07 Å². The number of alkyl halides is 3. The highest BCUT2D eigenvalue weighted by Gasteiger charge is 2.41. The van der Waals surface area contributed by atoms with Crippen LogP contribution in [-0.2, 0) is 20.9 Å². The van der Waals surface area contributed by atoms with Gasteiger partial charge in [0, 0.05) is 43.8 Å². The highest BCUT2D eigenvalue weighted by molar-refractivity contribution is 8.19. The lowest BCUT2D eigenvalue weighted by Gasteiger charge is -2.29. The Morgan fingerprint density at radius 3 is 2.66 bits per heavy atom. The first-order chi connectivity index (χ1) is 24.0. The molecule has 0 aliphatic carbocycles. The van der Waals surface area contributed by atoms with E-state index >= 15 is 0 Å². The number of hydrogen-bond acceptors (Lipinski definition) is 10. The zero-order valence-corrected chi connectivity index (χ0v) is 28.9. The van der Waals surface area contributed by atoms with Gasteiger partial charge in [-0.1, -0.05) is 42.1 Å². The molecule has 2 saturated heterocycles. The van der Waals surface area contributed by atoms with Crippen molar-refractivity contribution in [2.24, 2.45) is 4.99 Å². The summed E-state index contributed by atoms with van der Waals surface area (Å²) in [6.45, 7) is 5.97. The Bertz CT molecular complexity index is 1880. The Hall–Kier alpha value is -4.49. The average Bonchev–Trinajstić information content (AvgIpc) is 3.60. The molecule has 1 unspecified atom stereocenters. The van der Waals surface area contributed by atoms with Gasteiger partial charge < -0.3 is 25.2 Å². The Morgan fingerprint density at radius 1 is 1.16 bits per heavy atom. The quantitative estimate of drug-likeness (QED) is 0.241. The van der Waals surface area contributed by atoms with Crippen molar-refractivity contribution in [2.75, 3.05) is 55.0 Å². The zero-order valence-electron chi connectivity index (χ0n) is 27.3. The first kappa shape index (κ1) is 35.3. The van der Waals surface area contributed by atoms with Gasteiger partial charge in [0.05, 0.1) is 53.0 Å². The van der Waals surface area contributed by atoms with Crippen molar-refractivity contribution in [3.05, 3.63) is 87.8 Å². The second kappa shape index (κ2) is 15.2. The van der Waals surface area contributed by atoms with E-state index in [2.05, 4.69) is 23.2 Å². The number of rotatable bonds is 9. The second-order valence-corrected chi connectivity index (χ2v) is 13.7. The van der Waals surface area contributed by atoms with Crippen molar-refractivity contribution in [3.63, 3.8) is 0 Å². The number of hydrogen-bond donors (Lipinski definition) is 2. The summed E-state index contributed by atoms with van der Waals surface area (Å²) in [6.07, 6.45) is -4.14. The number of nitrogens with zero attached hydrogens (tertiary/aromatic N) is 5. The fourth-order valence-corrected chi connectivity index (χ4v) is 8.14. The van der Waals surface area contributed by atoms with Crippen LogP contribution in [0.4, 0.5) is 35.9 Å². The van der Waals surface area contributed by atoms with Gasteiger partial charge in [0.1, 0.15) is 4.91 Å². The molecule has 3 heterocycles. The number of ether oxygens (including phenoxy) is 1. The number of anilines is 3. The third-order valence-corrected chi connectivity index (χ3v) is 10.8. The van der Waals surface area contributed by atoms with Gasteiger partial charge in [-0.05, 0) is 67.1 Å². The van der Waals surface area contributed by atoms with E-state index in [-0.39, 0.29) is 24.2 Å². The molecule has 0 aromatic heterocycles. The molecule has 2 fully saturated rings. The fourth-order valence-electron chi connectivity index (χ4n) is 5.76. The number of benzene rings is 3. The molecule has 0 radical (unpaired) electrons. The summed E-state index contributed by atoms with van der Waals surface area (Å²) in [4.78, 5) is 37.5. The highest BCUT2D eigenvalue weighted by atomic mass is 32.2. The van der Waals surface area contributed by atoms with E-state index in [9.17, 15) is 28.0 Å². The van der Waals surface area contributed by atoms with Gasteiger partial charge >= 0.3 is 12.1 Å². The summed E-state index contributed by atoms with van der Waals surface area (Å²) in [6, 6.07) is 21.6. The molecular weight excluding hydrogens is 688 g/mol. The first-order valence-electron chi connectivity index (χ1n) is 16.0. The number of halogens is 3. The van der Waals surface area contributed by atoms with Crippen molar-refractivity contribution in [2.45, 2.75) is 37.1 Å². The SMILES string of the molecule is CCN(CCC1CNCCO1)c1ccc(C#N)cc1N=C1S/C(=C2\Sc3cc(NC(=O)C(F)(F)F)ccc3N2C)C(=O)N1Cc1ccccc1. The van der Waals surface area contributed by atoms with Crippen LogP contribution in [0.2, 0.25) is 0 Å². The highest BCUT2D eigenvalue weighted by Crippen LogP contribution is 2.51. The lowest BCUT2D eigenvalue weighted by molar-refractivity contribution is -0.167. The predicted octanol–water partition coefficient (Wildman–Crippen LogP) is 6.44.